The minimum Gasteiger partial charge on any atom is -0.506 e. The Bertz CT molecular complexity index is 511. The van der Waals surface area contributed by atoms with Crippen LogP contribution in [0.3, 0.4) is 0 Å². The molecule has 1 saturated heterocycles. The van der Waals surface area contributed by atoms with Crippen molar-refractivity contribution in [2.24, 2.45) is 0 Å². The normalized spacial score (nSPS) is 18.2. The fourth-order valence-electron chi connectivity index (χ4n) is 1.58. The molecule has 7 heteroatoms. The highest BCUT2D eigenvalue weighted by Gasteiger charge is 2.26. The smallest absolute Gasteiger partial charge is 0.243 e. The van der Waals surface area contributed by atoms with Crippen LogP contribution in [0.4, 0.5) is 0 Å². The van der Waals surface area contributed by atoms with E-state index in [-0.39, 0.29) is 15.7 Å². The van der Waals surface area contributed by atoms with Crippen LogP contribution in [-0.2, 0) is 14.8 Å². The van der Waals surface area contributed by atoms with Gasteiger partial charge in [0, 0.05) is 13.1 Å². The molecule has 2 rings (SSSR count). The van der Waals surface area contributed by atoms with Crippen molar-refractivity contribution in [3.8, 4) is 5.75 Å². The second-order valence-electron chi connectivity index (χ2n) is 3.63. The molecule has 1 aromatic carbocycles. The second-order valence-corrected chi connectivity index (χ2v) is 5.97. The molecule has 0 saturated carbocycles. The zero-order chi connectivity index (χ0) is 12.5. The topological polar surface area (TPSA) is 66.8 Å². The quantitative estimate of drug-likeness (QED) is 0.878. The Kier molecular flexibility index (Phi) is 3.58. The van der Waals surface area contributed by atoms with Crippen LogP contribution in [0.1, 0.15) is 0 Å². The van der Waals surface area contributed by atoms with Crippen LogP contribution < -0.4 is 0 Å². The van der Waals surface area contributed by atoms with E-state index in [1.165, 1.54) is 22.5 Å². The molecule has 0 unspecified atom stereocenters. The number of phenols is 1. The van der Waals surface area contributed by atoms with E-state index >= 15 is 0 Å². The lowest BCUT2D eigenvalue weighted by molar-refractivity contribution is 0.0730. The van der Waals surface area contributed by atoms with Gasteiger partial charge in [-0.05, 0) is 18.2 Å². The summed E-state index contributed by atoms with van der Waals surface area (Å²) in [6, 6.07) is 3.86. The van der Waals surface area contributed by atoms with Crippen molar-refractivity contribution in [1.82, 2.24) is 4.31 Å². The van der Waals surface area contributed by atoms with Gasteiger partial charge < -0.3 is 9.84 Å². The van der Waals surface area contributed by atoms with Gasteiger partial charge in [0.1, 0.15) is 5.75 Å². The zero-order valence-corrected chi connectivity index (χ0v) is 10.5. The van der Waals surface area contributed by atoms with E-state index in [0.717, 1.165) is 0 Å². The molecule has 1 fully saturated rings. The minimum absolute atomic E-state index is 0.0272. The first-order valence-electron chi connectivity index (χ1n) is 5.08. The van der Waals surface area contributed by atoms with Gasteiger partial charge in [0.2, 0.25) is 10.0 Å². The maximum absolute atomic E-state index is 12.2. The molecular weight excluding hydrogens is 266 g/mol. The molecule has 17 heavy (non-hydrogen) atoms. The number of morpholine rings is 1. The maximum Gasteiger partial charge on any atom is 0.243 e. The van der Waals surface area contributed by atoms with Crippen molar-refractivity contribution in [1.29, 1.82) is 0 Å². The van der Waals surface area contributed by atoms with E-state index in [4.69, 9.17) is 16.3 Å². The molecule has 94 valence electrons. The SMILES string of the molecule is O=S(=O)(c1ccc(O)c(Cl)c1)N1CCOCC1. The van der Waals surface area contributed by atoms with Gasteiger partial charge in [-0.1, -0.05) is 11.6 Å². The molecule has 0 radical (unpaired) electrons. The van der Waals surface area contributed by atoms with Crippen molar-refractivity contribution >= 4 is 21.6 Å². The van der Waals surface area contributed by atoms with Crippen molar-refractivity contribution in [2.75, 3.05) is 26.3 Å². The molecule has 1 aliphatic heterocycles. The summed E-state index contributed by atoms with van der Waals surface area (Å²) in [5.74, 6) is -0.132. The molecule has 0 amide bonds. The summed E-state index contributed by atoms with van der Waals surface area (Å²) in [6.07, 6.45) is 0. The third kappa shape index (κ3) is 2.55. The largest absolute Gasteiger partial charge is 0.506 e. The predicted octanol–water partition coefficient (Wildman–Crippen LogP) is 1.07. The van der Waals surface area contributed by atoms with Gasteiger partial charge in [-0.15, -0.1) is 0 Å². The van der Waals surface area contributed by atoms with E-state index in [9.17, 15) is 13.5 Å². The van der Waals surface area contributed by atoms with Crippen LogP contribution in [0.5, 0.6) is 5.75 Å². The van der Waals surface area contributed by atoms with Crippen molar-refractivity contribution in [3.63, 3.8) is 0 Å². The number of nitrogens with zero attached hydrogens (tertiary/aromatic N) is 1. The summed E-state index contributed by atoms with van der Waals surface area (Å²) < 4.78 is 30.8. The number of sulfonamides is 1. The fraction of sp³-hybridized carbons (Fsp3) is 0.400. The predicted molar refractivity (Wildman–Crippen MR) is 62.7 cm³/mol. The van der Waals surface area contributed by atoms with Gasteiger partial charge in [-0.2, -0.15) is 4.31 Å². The van der Waals surface area contributed by atoms with E-state index in [2.05, 4.69) is 0 Å². The summed E-state index contributed by atoms with van der Waals surface area (Å²) in [5.41, 5.74) is 0. The minimum atomic E-state index is -3.54. The molecule has 0 aliphatic carbocycles. The van der Waals surface area contributed by atoms with Gasteiger partial charge in [0.25, 0.3) is 0 Å². The highest BCUT2D eigenvalue weighted by atomic mass is 35.5. The zero-order valence-electron chi connectivity index (χ0n) is 8.97. The Morgan fingerprint density at radius 1 is 1.29 bits per heavy atom. The molecule has 1 aromatic rings. The summed E-state index contributed by atoms with van der Waals surface area (Å²) in [4.78, 5) is 0.0854. The first-order valence-corrected chi connectivity index (χ1v) is 6.90. The Balaban J connectivity index is 2.33. The average Bonchev–Trinajstić information content (AvgIpc) is 2.33. The Hall–Kier alpha value is -0.820. The molecule has 0 atom stereocenters. The van der Waals surface area contributed by atoms with E-state index < -0.39 is 10.0 Å². The van der Waals surface area contributed by atoms with Gasteiger partial charge >= 0.3 is 0 Å². The van der Waals surface area contributed by atoms with Crippen LogP contribution in [0.2, 0.25) is 5.02 Å². The van der Waals surface area contributed by atoms with Crippen LogP contribution in [-0.4, -0.2) is 44.1 Å². The molecule has 5 nitrogen and oxygen atoms in total. The summed E-state index contributed by atoms with van der Waals surface area (Å²) in [7, 11) is -3.54. The summed E-state index contributed by atoms with van der Waals surface area (Å²) in [6.45, 7) is 1.46. The number of rotatable bonds is 2. The first kappa shape index (κ1) is 12.6. The Labute approximate surface area is 105 Å². The Morgan fingerprint density at radius 3 is 2.53 bits per heavy atom. The number of hydrogen-bond acceptors (Lipinski definition) is 4. The van der Waals surface area contributed by atoms with Crippen molar-refractivity contribution < 1.29 is 18.3 Å². The highest BCUT2D eigenvalue weighted by molar-refractivity contribution is 7.89. The monoisotopic (exact) mass is 277 g/mol. The average molecular weight is 278 g/mol. The number of benzene rings is 1. The number of hydrogen-bond donors (Lipinski definition) is 1. The van der Waals surface area contributed by atoms with Gasteiger partial charge in [0.05, 0.1) is 23.1 Å². The first-order chi connectivity index (χ1) is 8.01. The third-order valence-corrected chi connectivity index (χ3v) is 4.72. The maximum atomic E-state index is 12.2. The highest BCUT2D eigenvalue weighted by Crippen LogP contribution is 2.27. The van der Waals surface area contributed by atoms with E-state index in [1.807, 2.05) is 0 Å². The molecule has 1 aliphatic rings. The Morgan fingerprint density at radius 2 is 1.94 bits per heavy atom. The molecular formula is C10H12ClNO4S. The van der Waals surface area contributed by atoms with E-state index in [0.29, 0.717) is 26.3 Å². The van der Waals surface area contributed by atoms with Crippen LogP contribution in [0.25, 0.3) is 0 Å². The lowest BCUT2D eigenvalue weighted by Crippen LogP contribution is -2.40. The standard InChI is InChI=1S/C10H12ClNO4S/c11-9-7-8(1-2-10(9)13)17(14,15)12-3-5-16-6-4-12/h1-2,7,13H,3-6H2. The molecule has 0 spiro atoms. The van der Waals surface area contributed by atoms with E-state index in [1.54, 1.807) is 0 Å². The molecule has 0 aromatic heterocycles. The number of aromatic hydroxyl groups is 1. The summed E-state index contributed by atoms with van der Waals surface area (Å²) in [5, 5.41) is 9.29. The lowest BCUT2D eigenvalue weighted by Gasteiger charge is -2.26. The van der Waals surface area contributed by atoms with Gasteiger partial charge in [0.15, 0.2) is 0 Å². The third-order valence-electron chi connectivity index (χ3n) is 2.53. The van der Waals surface area contributed by atoms with Crippen molar-refractivity contribution in [2.45, 2.75) is 4.90 Å². The second kappa shape index (κ2) is 4.81. The fourth-order valence-corrected chi connectivity index (χ4v) is 3.26. The lowest BCUT2D eigenvalue weighted by atomic mass is 10.3. The number of halogens is 1. The molecule has 0 bridgehead atoms. The van der Waals surface area contributed by atoms with Crippen LogP contribution >= 0.6 is 11.6 Å². The number of ether oxygens (including phenoxy) is 1. The summed E-state index contributed by atoms with van der Waals surface area (Å²) >= 11 is 5.70. The van der Waals surface area contributed by atoms with Crippen LogP contribution in [0.15, 0.2) is 23.1 Å². The number of phenolic OH excluding ortho intramolecular Hbond substituents is 1. The van der Waals surface area contributed by atoms with Gasteiger partial charge in [-0.3, -0.25) is 0 Å². The van der Waals surface area contributed by atoms with Gasteiger partial charge in [-0.25, -0.2) is 8.42 Å². The molecule has 1 N–H and O–H groups in total. The van der Waals surface area contributed by atoms with Crippen LogP contribution in [0, 0.1) is 0 Å². The van der Waals surface area contributed by atoms with Crippen molar-refractivity contribution in [3.05, 3.63) is 23.2 Å². The molecule has 1 heterocycles.